The molecule has 1 heterocycles. The average molecular weight is 281 g/mol. The molecule has 2 aliphatic rings. The molecule has 0 aromatic heterocycles. The topological polar surface area (TPSA) is 47.6 Å². The summed E-state index contributed by atoms with van der Waals surface area (Å²) in [5.41, 5.74) is 8.19. The highest BCUT2D eigenvalue weighted by Crippen LogP contribution is 2.41. The van der Waals surface area contributed by atoms with Crippen molar-refractivity contribution >= 4 is 22.0 Å². The van der Waals surface area contributed by atoms with Crippen molar-refractivity contribution in [3.63, 3.8) is 0 Å². The molecule has 16 heavy (non-hydrogen) atoms. The molecule has 84 valence electrons. The highest BCUT2D eigenvalue weighted by atomic mass is 79.9. The lowest BCUT2D eigenvalue weighted by Gasteiger charge is -2.23. The molecule has 4 heteroatoms. The van der Waals surface area contributed by atoms with Crippen molar-refractivity contribution < 1.29 is 4.74 Å². The van der Waals surface area contributed by atoms with Gasteiger partial charge in [0.05, 0.1) is 0 Å². The zero-order valence-electron chi connectivity index (χ0n) is 9.03. The molecular formula is C12H13BrN2O. The summed E-state index contributed by atoms with van der Waals surface area (Å²) < 4.78 is 6.64. The predicted molar refractivity (Wildman–Crippen MR) is 66.5 cm³/mol. The smallest absolute Gasteiger partial charge is 0.282 e. The van der Waals surface area contributed by atoms with Gasteiger partial charge in [0.1, 0.15) is 11.6 Å². The molecule has 0 fully saturated rings. The molecule has 2 unspecified atom stereocenters. The third-order valence-electron chi connectivity index (χ3n) is 3.58. The molecule has 1 spiro atoms. The molecule has 1 aromatic rings. The lowest BCUT2D eigenvalue weighted by atomic mass is 9.91. The molecule has 3 nitrogen and oxygen atoms in total. The molecule has 0 bridgehead atoms. The fourth-order valence-corrected chi connectivity index (χ4v) is 3.21. The van der Waals surface area contributed by atoms with E-state index in [2.05, 4.69) is 39.1 Å². The number of halogens is 1. The quantitative estimate of drug-likeness (QED) is 0.791. The van der Waals surface area contributed by atoms with Crippen LogP contribution in [0.25, 0.3) is 0 Å². The van der Waals surface area contributed by atoms with Gasteiger partial charge in [-0.05, 0) is 24.1 Å². The normalized spacial score (nSPS) is 31.4. The molecule has 0 radical (unpaired) electrons. The Kier molecular flexibility index (Phi) is 2.05. The van der Waals surface area contributed by atoms with Crippen molar-refractivity contribution in [3.8, 4) is 0 Å². The number of nitrogens with zero attached hydrogens (tertiary/aromatic N) is 1. The van der Waals surface area contributed by atoms with Crippen molar-refractivity contribution in [1.82, 2.24) is 0 Å². The maximum atomic E-state index is 5.67. The fourth-order valence-electron chi connectivity index (χ4n) is 2.66. The maximum Gasteiger partial charge on any atom is 0.282 e. The van der Waals surface area contributed by atoms with Gasteiger partial charge in [0.25, 0.3) is 6.02 Å². The number of ether oxygens (including phenoxy) is 1. The molecular weight excluding hydrogens is 268 g/mol. The van der Waals surface area contributed by atoms with Gasteiger partial charge in [0.2, 0.25) is 0 Å². The van der Waals surface area contributed by atoms with E-state index in [0.29, 0.717) is 6.02 Å². The number of hydrogen-bond acceptors (Lipinski definition) is 3. The molecule has 1 aliphatic heterocycles. The summed E-state index contributed by atoms with van der Waals surface area (Å²) in [6.45, 7) is 2.04. The van der Waals surface area contributed by atoms with E-state index in [9.17, 15) is 0 Å². The number of hydrogen-bond donors (Lipinski definition) is 1. The molecule has 2 N–H and O–H groups in total. The van der Waals surface area contributed by atoms with Crippen LogP contribution in [0.5, 0.6) is 0 Å². The highest BCUT2D eigenvalue weighted by Gasteiger charge is 2.47. The van der Waals surface area contributed by atoms with E-state index >= 15 is 0 Å². The molecule has 3 rings (SSSR count). The van der Waals surface area contributed by atoms with Gasteiger partial charge in [-0.15, -0.1) is 0 Å². The van der Waals surface area contributed by atoms with Crippen LogP contribution in [0.1, 0.15) is 18.1 Å². The Morgan fingerprint density at radius 1 is 1.50 bits per heavy atom. The number of rotatable bonds is 0. The van der Waals surface area contributed by atoms with Crippen LogP contribution in [0.2, 0.25) is 0 Å². The first-order valence-corrected chi connectivity index (χ1v) is 6.18. The Labute approximate surface area is 103 Å². The summed E-state index contributed by atoms with van der Waals surface area (Å²) in [6.07, 6.45) is 1.89. The molecule has 1 aromatic carbocycles. The summed E-state index contributed by atoms with van der Waals surface area (Å²) in [7, 11) is 0. The van der Waals surface area contributed by atoms with Crippen LogP contribution in [0, 0.1) is 0 Å². The minimum atomic E-state index is -0.170. The molecule has 2 atom stereocenters. The van der Waals surface area contributed by atoms with E-state index in [-0.39, 0.29) is 11.6 Å². The van der Waals surface area contributed by atoms with Crippen molar-refractivity contribution in [1.29, 1.82) is 0 Å². The summed E-state index contributed by atoms with van der Waals surface area (Å²) in [4.78, 5) is 4.51. The SMILES string of the molecule is CC1OC(N)=NC12Cc1cccc(Br)c1C2. The standard InChI is InChI=1S/C12H13BrN2O/c1-7-12(15-11(14)16-7)5-8-3-2-4-10(13)9(8)6-12/h2-4,7H,5-6H2,1H3,(H2,14,15). The van der Waals surface area contributed by atoms with Crippen LogP contribution in [-0.2, 0) is 17.6 Å². The van der Waals surface area contributed by atoms with Gasteiger partial charge < -0.3 is 10.5 Å². The molecule has 0 saturated heterocycles. The maximum absolute atomic E-state index is 5.67. The van der Waals surface area contributed by atoms with Crippen molar-refractivity contribution in [2.75, 3.05) is 0 Å². The zero-order valence-corrected chi connectivity index (χ0v) is 10.6. The van der Waals surface area contributed by atoms with E-state index < -0.39 is 0 Å². The fraction of sp³-hybridized carbons (Fsp3) is 0.417. The number of fused-ring (bicyclic) bond motifs is 1. The van der Waals surface area contributed by atoms with Gasteiger partial charge >= 0.3 is 0 Å². The number of aliphatic imine (C=N–C) groups is 1. The number of nitrogens with two attached hydrogens (primary N) is 1. The molecule has 1 aliphatic carbocycles. The number of amidine groups is 1. The highest BCUT2D eigenvalue weighted by molar-refractivity contribution is 9.10. The van der Waals surface area contributed by atoms with E-state index in [1.807, 2.05) is 6.92 Å². The predicted octanol–water partition coefficient (Wildman–Crippen LogP) is 2.02. The lowest BCUT2D eigenvalue weighted by molar-refractivity contribution is 0.157. The van der Waals surface area contributed by atoms with Crippen LogP contribution in [0.4, 0.5) is 0 Å². The average Bonchev–Trinajstić information content (AvgIpc) is 2.70. The van der Waals surface area contributed by atoms with E-state index in [0.717, 1.165) is 17.3 Å². The van der Waals surface area contributed by atoms with Crippen LogP contribution < -0.4 is 5.73 Å². The second-order valence-electron chi connectivity index (χ2n) is 4.54. The second kappa shape index (κ2) is 3.23. The monoisotopic (exact) mass is 280 g/mol. The summed E-state index contributed by atoms with van der Waals surface area (Å²) in [6, 6.07) is 6.63. The third kappa shape index (κ3) is 1.29. The summed E-state index contributed by atoms with van der Waals surface area (Å²) in [5, 5.41) is 0. The van der Waals surface area contributed by atoms with Gasteiger partial charge in [-0.3, -0.25) is 0 Å². The Morgan fingerprint density at radius 2 is 2.31 bits per heavy atom. The van der Waals surface area contributed by atoms with Gasteiger partial charge in [0.15, 0.2) is 0 Å². The van der Waals surface area contributed by atoms with Crippen molar-refractivity contribution in [2.45, 2.75) is 31.4 Å². The lowest BCUT2D eigenvalue weighted by Crippen LogP contribution is -2.36. The van der Waals surface area contributed by atoms with E-state index in [4.69, 9.17) is 10.5 Å². The Hall–Kier alpha value is -1.03. The van der Waals surface area contributed by atoms with Gasteiger partial charge in [-0.1, -0.05) is 28.1 Å². The van der Waals surface area contributed by atoms with Crippen LogP contribution in [0.3, 0.4) is 0 Å². The first-order chi connectivity index (χ1) is 7.61. The van der Waals surface area contributed by atoms with Gasteiger partial charge in [0, 0.05) is 17.3 Å². The van der Waals surface area contributed by atoms with Gasteiger partial charge in [-0.2, -0.15) is 0 Å². The minimum Gasteiger partial charge on any atom is -0.460 e. The summed E-state index contributed by atoms with van der Waals surface area (Å²) in [5.74, 6) is 0. The van der Waals surface area contributed by atoms with Crippen molar-refractivity contribution in [3.05, 3.63) is 33.8 Å². The van der Waals surface area contributed by atoms with Crippen LogP contribution in [-0.4, -0.2) is 17.7 Å². The Balaban J connectivity index is 2.05. The Bertz CT molecular complexity index is 486. The molecule has 0 amide bonds. The van der Waals surface area contributed by atoms with Crippen molar-refractivity contribution in [2.24, 2.45) is 10.7 Å². The third-order valence-corrected chi connectivity index (χ3v) is 4.33. The van der Waals surface area contributed by atoms with E-state index in [1.165, 1.54) is 11.1 Å². The summed E-state index contributed by atoms with van der Waals surface area (Å²) >= 11 is 3.59. The van der Waals surface area contributed by atoms with Crippen LogP contribution in [0.15, 0.2) is 27.7 Å². The second-order valence-corrected chi connectivity index (χ2v) is 5.40. The molecule has 0 saturated carbocycles. The first kappa shape index (κ1) is 10.1. The minimum absolute atomic E-state index is 0.0619. The van der Waals surface area contributed by atoms with E-state index in [1.54, 1.807) is 0 Å². The zero-order chi connectivity index (χ0) is 11.3. The van der Waals surface area contributed by atoms with Crippen LogP contribution >= 0.6 is 15.9 Å². The van der Waals surface area contributed by atoms with Gasteiger partial charge in [-0.25, -0.2) is 4.99 Å². The Morgan fingerprint density at radius 3 is 2.94 bits per heavy atom. The largest absolute Gasteiger partial charge is 0.460 e. The number of benzene rings is 1. The first-order valence-electron chi connectivity index (χ1n) is 5.39.